The number of sulfonamides is 1. The molecule has 4 N–H and O–H groups in total. The van der Waals surface area contributed by atoms with Crippen LogP contribution in [0.4, 0.5) is 17.3 Å². The second-order valence-corrected chi connectivity index (χ2v) is 12.0. The predicted octanol–water partition coefficient (Wildman–Crippen LogP) is 5.24. The van der Waals surface area contributed by atoms with E-state index in [1.54, 1.807) is 6.92 Å². The van der Waals surface area contributed by atoms with E-state index in [9.17, 15) is 23.7 Å². The number of aromatic nitrogens is 2. The molecule has 0 aliphatic carbocycles. The minimum atomic E-state index is -3.92. The Labute approximate surface area is 247 Å². The fourth-order valence-electron chi connectivity index (χ4n) is 4.09. The smallest absolute Gasteiger partial charge is 0.263 e. The molecule has 0 aliphatic rings. The molecular weight excluding hydrogens is 574 g/mol. The van der Waals surface area contributed by atoms with Gasteiger partial charge in [0.05, 0.1) is 15.7 Å². The summed E-state index contributed by atoms with van der Waals surface area (Å²) in [6, 6.07) is 18.8. The summed E-state index contributed by atoms with van der Waals surface area (Å²) < 4.78 is 32.5. The Morgan fingerprint density at radius 2 is 1.74 bits per heavy atom. The first-order valence-corrected chi connectivity index (χ1v) is 15.2. The Balaban J connectivity index is 1.56. The van der Waals surface area contributed by atoms with E-state index in [0.29, 0.717) is 29.0 Å². The number of hydrogen-bond donors (Lipinski definition) is 3. The highest BCUT2D eigenvalue weighted by Gasteiger charge is 2.26. The largest absolute Gasteiger partial charge is 0.383 e. The zero-order valence-corrected chi connectivity index (χ0v) is 24.6. The van der Waals surface area contributed by atoms with Crippen LogP contribution in [0.3, 0.4) is 0 Å². The zero-order chi connectivity index (χ0) is 30.4. The summed E-state index contributed by atoms with van der Waals surface area (Å²) in [6.07, 6.45) is 1.22. The normalized spacial score (nSPS) is 11.7. The number of rotatable bonds is 10. The van der Waals surface area contributed by atoms with E-state index in [0.717, 1.165) is 23.7 Å². The minimum Gasteiger partial charge on any atom is -0.383 e. The first-order chi connectivity index (χ1) is 20.1. The molecule has 0 radical (unpaired) electrons. The predicted molar refractivity (Wildman–Crippen MR) is 160 cm³/mol. The summed E-state index contributed by atoms with van der Waals surface area (Å²) in [6.45, 7) is 5.48. The lowest BCUT2D eigenvalue weighted by Crippen LogP contribution is -2.25. The van der Waals surface area contributed by atoms with Crippen molar-refractivity contribution in [3.8, 4) is 23.3 Å². The van der Waals surface area contributed by atoms with E-state index >= 15 is 0 Å². The molecule has 0 saturated heterocycles. The minimum absolute atomic E-state index is 0.0296. The molecule has 214 valence electrons. The Hall–Kier alpha value is -4.85. The number of anilines is 3. The fraction of sp³-hybridized carbons (Fsp3) is 0.207. The van der Waals surface area contributed by atoms with Crippen molar-refractivity contribution >= 4 is 45.0 Å². The van der Waals surface area contributed by atoms with E-state index in [1.807, 2.05) is 38.1 Å². The lowest BCUT2D eigenvalue weighted by Gasteiger charge is -2.18. The van der Waals surface area contributed by atoms with Gasteiger partial charge in [0.25, 0.3) is 10.0 Å². The van der Waals surface area contributed by atoms with E-state index < -0.39 is 15.3 Å². The zero-order valence-electron chi connectivity index (χ0n) is 23.0. The monoisotopic (exact) mass is 601 g/mol. The molecule has 42 heavy (non-hydrogen) atoms. The average Bonchev–Trinajstić information content (AvgIpc) is 3.39. The highest BCUT2D eigenvalue weighted by atomic mass is 32.2. The van der Waals surface area contributed by atoms with Gasteiger partial charge in [-0.05, 0) is 55.2 Å². The van der Waals surface area contributed by atoms with Crippen molar-refractivity contribution in [2.75, 3.05) is 15.8 Å². The van der Waals surface area contributed by atoms with Crippen molar-refractivity contribution in [3.05, 3.63) is 77.0 Å². The molecule has 0 spiro atoms. The molecule has 0 bridgehead atoms. The van der Waals surface area contributed by atoms with Crippen LogP contribution in [0.1, 0.15) is 42.7 Å². The first kappa shape index (κ1) is 30.1. The summed E-state index contributed by atoms with van der Waals surface area (Å²) in [5.74, 6) is 0.103. The summed E-state index contributed by atoms with van der Waals surface area (Å²) in [5.41, 5.74) is 8.90. The maximum absolute atomic E-state index is 13.2. The molecule has 4 rings (SSSR count). The number of nitrogens with one attached hydrogen (secondary N) is 2. The number of hydrogen-bond acceptors (Lipinski definition) is 10. The number of thioether (sulfide) groups is 1. The summed E-state index contributed by atoms with van der Waals surface area (Å²) in [5, 5.41) is 25.9. The van der Waals surface area contributed by atoms with Gasteiger partial charge in [-0.2, -0.15) is 10.5 Å². The van der Waals surface area contributed by atoms with Gasteiger partial charge in [-0.3, -0.25) is 9.52 Å². The van der Waals surface area contributed by atoms with E-state index in [4.69, 9.17) is 10.3 Å². The van der Waals surface area contributed by atoms with Gasteiger partial charge in [-0.1, -0.05) is 55.0 Å². The van der Waals surface area contributed by atoms with Crippen LogP contribution in [0.25, 0.3) is 11.1 Å². The lowest BCUT2D eigenvalue weighted by atomic mass is 9.96. The average molecular weight is 602 g/mol. The van der Waals surface area contributed by atoms with Crippen LogP contribution in [0.15, 0.2) is 69.0 Å². The number of nitriles is 2. The number of pyridine rings is 1. The van der Waals surface area contributed by atoms with Crippen LogP contribution in [0, 0.1) is 29.6 Å². The SMILES string of the molecule is CCc1ccc(-c2c(C#N)c(N)nc(SC(CC)C(=O)Nc3ccc(S(=O)(=O)Nc4cc(C)on4)cc3)c2C#N)cc1. The van der Waals surface area contributed by atoms with Crippen LogP contribution in [-0.2, 0) is 21.2 Å². The van der Waals surface area contributed by atoms with Gasteiger partial charge in [0.2, 0.25) is 5.91 Å². The maximum atomic E-state index is 13.2. The van der Waals surface area contributed by atoms with Crippen LogP contribution in [-0.4, -0.2) is 29.7 Å². The fourth-order valence-corrected chi connectivity index (χ4v) is 6.09. The molecule has 1 amide bonds. The van der Waals surface area contributed by atoms with Crippen molar-refractivity contribution in [3.63, 3.8) is 0 Å². The number of nitrogen functional groups attached to an aromatic ring is 1. The van der Waals surface area contributed by atoms with Crippen LogP contribution < -0.4 is 15.8 Å². The van der Waals surface area contributed by atoms with Gasteiger partial charge < -0.3 is 15.6 Å². The number of amides is 1. The van der Waals surface area contributed by atoms with Crippen LogP contribution >= 0.6 is 11.8 Å². The van der Waals surface area contributed by atoms with Crippen molar-refractivity contribution in [1.82, 2.24) is 10.1 Å². The molecule has 2 aromatic heterocycles. The Bertz CT molecular complexity index is 1800. The highest BCUT2D eigenvalue weighted by molar-refractivity contribution is 8.00. The van der Waals surface area contributed by atoms with Crippen LogP contribution in [0.5, 0.6) is 0 Å². The van der Waals surface area contributed by atoms with Crippen molar-refractivity contribution in [2.45, 2.75) is 48.8 Å². The molecule has 4 aromatic rings. The number of carbonyl (C=O) groups excluding carboxylic acids is 1. The second-order valence-electron chi connectivity index (χ2n) is 9.16. The molecule has 13 heteroatoms. The van der Waals surface area contributed by atoms with E-state index in [1.165, 1.54) is 30.3 Å². The molecule has 0 aliphatic heterocycles. The summed E-state index contributed by atoms with van der Waals surface area (Å²) >= 11 is 1.07. The quantitative estimate of drug-likeness (QED) is 0.203. The molecule has 11 nitrogen and oxygen atoms in total. The highest BCUT2D eigenvalue weighted by Crippen LogP contribution is 2.38. The molecule has 0 fully saturated rings. The topological polar surface area (TPSA) is 188 Å². The molecule has 2 heterocycles. The Kier molecular flexibility index (Phi) is 9.15. The maximum Gasteiger partial charge on any atom is 0.263 e. The number of aryl methyl sites for hydroxylation is 2. The molecule has 1 atom stereocenters. The van der Waals surface area contributed by atoms with Gasteiger partial charge >= 0.3 is 0 Å². The number of nitrogens with two attached hydrogens (primary N) is 1. The number of carbonyl (C=O) groups is 1. The Morgan fingerprint density at radius 1 is 1.07 bits per heavy atom. The third-order valence-electron chi connectivity index (χ3n) is 6.28. The number of benzene rings is 2. The Morgan fingerprint density at radius 3 is 2.29 bits per heavy atom. The van der Waals surface area contributed by atoms with Gasteiger partial charge in [-0.15, -0.1) is 0 Å². The third kappa shape index (κ3) is 6.54. The third-order valence-corrected chi connectivity index (χ3v) is 9.00. The van der Waals surface area contributed by atoms with Crippen molar-refractivity contribution < 1.29 is 17.7 Å². The van der Waals surface area contributed by atoms with Crippen molar-refractivity contribution in [1.29, 1.82) is 10.5 Å². The van der Waals surface area contributed by atoms with Gasteiger partial charge in [0, 0.05) is 17.3 Å². The first-order valence-electron chi connectivity index (χ1n) is 12.9. The molecular formula is C29H27N7O4S2. The molecule has 0 saturated carbocycles. The van der Waals surface area contributed by atoms with Gasteiger partial charge in [0.15, 0.2) is 5.82 Å². The summed E-state index contributed by atoms with van der Waals surface area (Å²) in [4.78, 5) is 17.5. The molecule has 1 unspecified atom stereocenters. The van der Waals surface area contributed by atoms with Crippen LogP contribution in [0.2, 0.25) is 0 Å². The van der Waals surface area contributed by atoms with Gasteiger partial charge in [-0.25, -0.2) is 13.4 Å². The van der Waals surface area contributed by atoms with E-state index in [2.05, 4.69) is 32.3 Å². The standard InChI is InChI=1S/C29H27N7O4S2/c1-4-18-6-8-19(9-7-18)26-22(15-30)27(32)34-29(23(26)16-31)41-24(5-2)28(37)33-20-10-12-21(13-11-20)42(38,39)36-25-14-17(3)40-35-25/h6-14,24H,4-5H2,1-3H3,(H2,32,34)(H,33,37)(H,35,36). The number of nitrogens with zero attached hydrogens (tertiary/aromatic N) is 4. The van der Waals surface area contributed by atoms with Gasteiger partial charge in [0.1, 0.15) is 34.3 Å². The second kappa shape index (κ2) is 12.8. The van der Waals surface area contributed by atoms with E-state index in [-0.39, 0.29) is 38.6 Å². The van der Waals surface area contributed by atoms with Crippen molar-refractivity contribution in [2.24, 2.45) is 0 Å². The lowest BCUT2D eigenvalue weighted by molar-refractivity contribution is -0.115. The molecule has 2 aromatic carbocycles. The summed E-state index contributed by atoms with van der Waals surface area (Å²) in [7, 11) is -3.92.